The molecule has 0 spiro atoms. The van der Waals surface area contributed by atoms with Crippen LogP contribution in [0.5, 0.6) is 5.75 Å². The third-order valence-electron chi connectivity index (χ3n) is 2.62. The lowest BCUT2D eigenvalue weighted by atomic mass is 10.2. The minimum absolute atomic E-state index is 0.501. The van der Waals surface area contributed by atoms with Crippen molar-refractivity contribution in [2.24, 2.45) is 0 Å². The number of nitrogen functional groups attached to an aromatic ring is 1. The standard InChI is InChI=1S/C13H15N3O/c1-16(11-7-5-9-15-13(11)14)10-6-3-4-8-12(10)17-2/h3-9H,1-2H3,(H2,14,15). The maximum atomic E-state index is 5.86. The highest BCUT2D eigenvalue weighted by molar-refractivity contribution is 5.74. The molecule has 0 bridgehead atoms. The van der Waals surface area contributed by atoms with E-state index in [0.29, 0.717) is 5.82 Å². The zero-order chi connectivity index (χ0) is 12.3. The Balaban J connectivity index is 2.44. The van der Waals surface area contributed by atoms with Crippen LogP contribution < -0.4 is 15.4 Å². The molecule has 1 aromatic heterocycles. The van der Waals surface area contributed by atoms with Crippen LogP contribution >= 0.6 is 0 Å². The van der Waals surface area contributed by atoms with Crippen molar-refractivity contribution in [2.75, 3.05) is 24.8 Å². The second kappa shape index (κ2) is 4.74. The lowest BCUT2D eigenvalue weighted by molar-refractivity contribution is 0.415. The monoisotopic (exact) mass is 229 g/mol. The summed E-state index contributed by atoms with van der Waals surface area (Å²) in [5, 5.41) is 0. The number of ether oxygens (including phenoxy) is 1. The van der Waals surface area contributed by atoms with E-state index in [1.54, 1.807) is 13.3 Å². The molecule has 2 aromatic rings. The zero-order valence-electron chi connectivity index (χ0n) is 9.92. The Morgan fingerprint density at radius 2 is 1.82 bits per heavy atom. The Morgan fingerprint density at radius 3 is 2.53 bits per heavy atom. The van der Waals surface area contributed by atoms with Gasteiger partial charge in [0, 0.05) is 13.2 Å². The Labute approximate surface area is 101 Å². The topological polar surface area (TPSA) is 51.4 Å². The molecule has 0 amide bonds. The number of nitrogens with two attached hydrogens (primary N) is 1. The molecule has 0 aliphatic carbocycles. The van der Waals surface area contributed by atoms with Crippen LogP contribution in [0.3, 0.4) is 0 Å². The first-order valence-electron chi connectivity index (χ1n) is 5.31. The molecule has 1 heterocycles. The van der Waals surface area contributed by atoms with Gasteiger partial charge in [-0.25, -0.2) is 4.98 Å². The normalized spacial score (nSPS) is 10.0. The van der Waals surface area contributed by atoms with Gasteiger partial charge in [0.2, 0.25) is 0 Å². The fourth-order valence-electron chi connectivity index (χ4n) is 1.73. The molecule has 0 unspecified atom stereocenters. The van der Waals surface area contributed by atoms with Crippen LogP contribution in [0.2, 0.25) is 0 Å². The lowest BCUT2D eigenvalue weighted by Crippen LogP contribution is -2.13. The van der Waals surface area contributed by atoms with Crippen molar-refractivity contribution in [3.8, 4) is 5.75 Å². The number of hydrogen-bond donors (Lipinski definition) is 1. The van der Waals surface area contributed by atoms with Gasteiger partial charge in [-0.15, -0.1) is 0 Å². The van der Waals surface area contributed by atoms with E-state index in [2.05, 4.69) is 4.98 Å². The largest absolute Gasteiger partial charge is 0.495 e. The number of para-hydroxylation sites is 2. The third-order valence-corrected chi connectivity index (χ3v) is 2.62. The fraction of sp³-hybridized carbons (Fsp3) is 0.154. The van der Waals surface area contributed by atoms with Gasteiger partial charge in [0.25, 0.3) is 0 Å². The quantitative estimate of drug-likeness (QED) is 0.878. The second-order valence-electron chi connectivity index (χ2n) is 3.64. The fourth-order valence-corrected chi connectivity index (χ4v) is 1.73. The van der Waals surface area contributed by atoms with E-state index < -0.39 is 0 Å². The first-order chi connectivity index (χ1) is 8.24. The van der Waals surface area contributed by atoms with Crippen LogP contribution in [0, 0.1) is 0 Å². The molecule has 1 aromatic carbocycles. The number of hydrogen-bond acceptors (Lipinski definition) is 4. The van der Waals surface area contributed by atoms with Gasteiger partial charge in [-0.2, -0.15) is 0 Å². The molecule has 0 fully saturated rings. The van der Waals surface area contributed by atoms with Crippen molar-refractivity contribution < 1.29 is 4.74 Å². The highest BCUT2D eigenvalue weighted by atomic mass is 16.5. The van der Waals surface area contributed by atoms with Crippen molar-refractivity contribution in [1.82, 2.24) is 4.98 Å². The molecule has 17 heavy (non-hydrogen) atoms. The Bertz CT molecular complexity index is 514. The minimum Gasteiger partial charge on any atom is -0.495 e. The Morgan fingerprint density at radius 1 is 1.12 bits per heavy atom. The SMILES string of the molecule is COc1ccccc1N(C)c1cccnc1N. The van der Waals surface area contributed by atoms with E-state index in [-0.39, 0.29) is 0 Å². The molecule has 4 nitrogen and oxygen atoms in total. The lowest BCUT2D eigenvalue weighted by Gasteiger charge is -2.22. The van der Waals surface area contributed by atoms with Crippen molar-refractivity contribution >= 4 is 17.2 Å². The van der Waals surface area contributed by atoms with Crippen LogP contribution in [-0.2, 0) is 0 Å². The first kappa shape index (κ1) is 11.3. The van der Waals surface area contributed by atoms with Gasteiger partial charge in [0.1, 0.15) is 11.6 Å². The molecule has 2 N–H and O–H groups in total. The van der Waals surface area contributed by atoms with Gasteiger partial charge in [0.05, 0.1) is 18.5 Å². The molecule has 0 aliphatic rings. The smallest absolute Gasteiger partial charge is 0.147 e. The molecular formula is C13H15N3O. The van der Waals surface area contributed by atoms with Gasteiger partial charge in [-0.05, 0) is 24.3 Å². The number of aromatic nitrogens is 1. The van der Waals surface area contributed by atoms with Crippen LogP contribution in [0.15, 0.2) is 42.6 Å². The Hall–Kier alpha value is -2.23. The average molecular weight is 229 g/mol. The van der Waals surface area contributed by atoms with E-state index in [1.807, 2.05) is 48.3 Å². The van der Waals surface area contributed by atoms with Gasteiger partial charge in [0.15, 0.2) is 0 Å². The van der Waals surface area contributed by atoms with Crippen molar-refractivity contribution in [3.05, 3.63) is 42.6 Å². The van der Waals surface area contributed by atoms with Crippen LogP contribution in [0.25, 0.3) is 0 Å². The summed E-state index contributed by atoms with van der Waals surface area (Å²) in [4.78, 5) is 6.04. The van der Waals surface area contributed by atoms with Crippen molar-refractivity contribution in [3.63, 3.8) is 0 Å². The molecule has 4 heteroatoms. The van der Waals surface area contributed by atoms with Crippen LogP contribution in [0.4, 0.5) is 17.2 Å². The minimum atomic E-state index is 0.501. The number of anilines is 3. The summed E-state index contributed by atoms with van der Waals surface area (Å²) in [6, 6.07) is 11.6. The maximum Gasteiger partial charge on any atom is 0.147 e. The molecular weight excluding hydrogens is 214 g/mol. The van der Waals surface area contributed by atoms with Crippen molar-refractivity contribution in [1.29, 1.82) is 0 Å². The van der Waals surface area contributed by atoms with E-state index in [4.69, 9.17) is 10.5 Å². The molecule has 2 rings (SSSR count). The van der Waals surface area contributed by atoms with Crippen LogP contribution in [0.1, 0.15) is 0 Å². The summed E-state index contributed by atoms with van der Waals surface area (Å²) in [5.74, 6) is 1.30. The highest BCUT2D eigenvalue weighted by Crippen LogP contribution is 2.33. The third kappa shape index (κ3) is 2.15. The number of benzene rings is 1. The summed E-state index contributed by atoms with van der Waals surface area (Å²) in [6.07, 6.45) is 1.68. The molecule has 0 radical (unpaired) electrons. The predicted molar refractivity (Wildman–Crippen MR) is 69.7 cm³/mol. The van der Waals surface area contributed by atoms with E-state index in [0.717, 1.165) is 17.1 Å². The molecule has 0 aliphatic heterocycles. The predicted octanol–water partition coefficient (Wildman–Crippen LogP) is 2.44. The van der Waals surface area contributed by atoms with Gasteiger partial charge in [-0.1, -0.05) is 12.1 Å². The number of nitrogens with zero attached hydrogens (tertiary/aromatic N) is 2. The summed E-state index contributed by atoms with van der Waals surface area (Å²) in [6.45, 7) is 0. The molecule has 0 atom stereocenters. The highest BCUT2D eigenvalue weighted by Gasteiger charge is 2.11. The van der Waals surface area contributed by atoms with E-state index in [1.165, 1.54) is 0 Å². The van der Waals surface area contributed by atoms with E-state index in [9.17, 15) is 0 Å². The summed E-state index contributed by atoms with van der Waals surface area (Å²) < 4.78 is 5.32. The van der Waals surface area contributed by atoms with Crippen LogP contribution in [-0.4, -0.2) is 19.1 Å². The molecule has 0 saturated carbocycles. The number of pyridine rings is 1. The van der Waals surface area contributed by atoms with Crippen molar-refractivity contribution in [2.45, 2.75) is 0 Å². The molecule has 0 saturated heterocycles. The van der Waals surface area contributed by atoms with Gasteiger partial charge >= 0.3 is 0 Å². The van der Waals surface area contributed by atoms with Gasteiger partial charge in [-0.3, -0.25) is 0 Å². The number of methoxy groups -OCH3 is 1. The summed E-state index contributed by atoms with van der Waals surface area (Å²) in [5.41, 5.74) is 7.67. The zero-order valence-corrected chi connectivity index (χ0v) is 9.92. The average Bonchev–Trinajstić information content (AvgIpc) is 2.38. The molecule has 88 valence electrons. The first-order valence-corrected chi connectivity index (χ1v) is 5.31. The van der Waals surface area contributed by atoms with Gasteiger partial charge < -0.3 is 15.4 Å². The summed E-state index contributed by atoms with van der Waals surface area (Å²) >= 11 is 0. The summed E-state index contributed by atoms with van der Waals surface area (Å²) in [7, 11) is 3.59. The second-order valence-corrected chi connectivity index (χ2v) is 3.64. The number of rotatable bonds is 3. The van der Waals surface area contributed by atoms with E-state index >= 15 is 0 Å². The maximum absolute atomic E-state index is 5.86. The Kier molecular flexibility index (Phi) is 3.14.